The lowest BCUT2D eigenvalue weighted by Gasteiger charge is -2.14. The van der Waals surface area contributed by atoms with Gasteiger partial charge in [0.2, 0.25) is 5.78 Å². The molecule has 1 aliphatic carbocycles. The first-order chi connectivity index (χ1) is 13.1. The molecular formula is C23H16O4. The predicted octanol–water partition coefficient (Wildman–Crippen LogP) is 5.15. The van der Waals surface area contributed by atoms with Crippen LogP contribution in [0.2, 0.25) is 0 Å². The van der Waals surface area contributed by atoms with E-state index in [-0.39, 0.29) is 23.4 Å². The molecule has 5 rings (SSSR count). The van der Waals surface area contributed by atoms with Gasteiger partial charge in [-0.1, -0.05) is 48.5 Å². The SMILES string of the molecule is CC(C)Oc1cc2c3c(oc2c2ccccc12)C(=O)c1ccccc1C3=O. The fourth-order valence-electron chi connectivity index (χ4n) is 3.76. The standard InChI is InChI=1S/C23H16O4/c1-12(2)26-18-11-17-19-20(24)14-8-4-5-9-15(14)21(25)23(19)27-22(17)16-10-6-3-7-13(16)18/h3-12H,1-2H3. The van der Waals surface area contributed by atoms with E-state index in [2.05, 4.69) is 0 Å². The average Bonchev–Trinajstić information content (AvgIpc) is 3.06. The highest BCUT2D eigenvalue weighted by atomic mass is 16.5. The molecule has 27 heavy (non-hydrogen) atoms. The van der Waals surface area contributed by atoms with Crippen LogP contribution >= 0.6 is 0 Å². The molecule has 4 aromatic rings. The smallest absolute Gasteiger partial charge is 0.229 e. The molecule has 0 aliphatic heterocycles. The van der Waals surface area contributed by atoms with E-state index < -0.39 is 0 Å². The maximum Gasteiger partial charge on any atom is 0.229 e. The van der Waals surface area contributed by atoms with Crippen molar-refractivity contribution in [2.75, 3.05) is 0 Å². The Kier molecular flexibility index (Phi) is 3.25. The molecule has 132 valence electrons. The van der Waals surface area contributed by atoms with Crippen LogP contribution in [-0.4, -0.2) is 17.7 Å². The lowest BCUT2D eigenvalue weighted by Crippen LogP contribution is -2.19. The first-order valence-corrected chi connectivity index (χ1v) is 8.89. The maximum atomic E-state index is 13.1. The van der Waals surface area contributed by atoms with E-state index in [1.54, 1.807) is 24.3 Å². The molecule has 4 nitrogen and oxygen atoms in total. The average molecular weight is 356 g/mol. The summed E-state index contributed by atoms with van der Waals surface area (Å²) < 4.78 is 12.0. The lowest BCUT2D eigenvalue weighted by atomic mass is 9.87. The molecule has 0 N–H and O–H groups in total. The van der Waals surface area contributed by atoms with Crippen molar-refractivity contribution in [1.82, 2.24) is 0 Å². The van der Waals surface area contributed by atoms with Crippen molar-refractivity contribution in [3.05, 3.63) is 77.0 Å². The van der Waals surface area contributed by atoms with Crippen LogP contribution in [-0.2, 0) is 0 Å². The van der Waals surface area contributed by atoms with Crippen molar-refractivity contribution in [3.8, 4) is 5.75 Å². The van der Waals surface area contributed by atoms with Crippen LogP contribution in [0.1, 0.15) is 45.9 Å². The molecule has 0 unspecified atom stereocenters. The molecule has 3 aromatic carbocycles. The van der Waals surface area contributed by atoms with Gasteiger partial charge in [0, 0.05) is 27.3 Å². The Morgan fingerprint density at radius 3 is 2.15 bits per heavy atom. The minimum absolute atomic E-state index is 0.0216. The van der Waals surface area contributed by atoms with Crippen molar-refractivity contribution in [1.29, 1.82) is 0 Å². The third-order valence-corrected chi connectivity index (χ3v) is 4.87. The Bertz CT molecular complexity index is 1260. The second kappa shape index (κ2) is 5.55. The fourth-order valence-corrected chi connectivity index (χ4v) is 3.76. The van der Waals surface area contributed by atoms with Gasteiger partial charge >= 0.3 is 0 Å². The number of carbonyl (C=O) groups excluding carboxylic acids is 2. The van der Waals surface area contributed by atoms with Crippen LogP contribution in [0.5, 0.6) is 5.75 Å². The van der Waals surface area contributed by atoms with E-state index in [1.165, 1.54) is 0 Å². The highest BCUT2D eigenvalue weighted by Gasteiger charge is 2.35. The van der Waals surface area contributed by atoms with Gasteiger partial charge in [0.1, 0.15) is 11.3 Å². The van der Waals surface area contributed by atoms with Gasteiger partial charge in [-0.15, -0.1) is 0 Å². The summed E-state index contributed by atoms with van der Waals surface area (Å²) in [4.78, 5) is 26.1. The molecule has 0 spiro atoms. The van der Waals surface area contributed by atoms with Gasteiger partial charge in [-0.25, -0.2) is 0 Å². The van der Waals surface area contributed by atoms with E-state index in [4.69, 9.17) is 9.15 Å². The predicted molar refractivity (Wildman–Crippen MR) is 103 cm³/mol. The zero-order valence-electron chi connectivity index (χ0n) is 14.9. The van der Waals surface area contributed by atoms with Gasteiger partial charge in [-0.05, 0) is 19.9 Å². The first kappa shape index (κ1) is 15.8. The summed E-state index contributed by atoms with van der Waals surface area (Å²) in [6, 6.07) is 16.4. The Balaban J connectivity index is 1.89. The second-order valence-electron chi connectivity index (χ2n) is 6.97. The minimum atomic E-state index is -0.258. The summed E-state index contributed by atoms with van der Waals surface area (Å²) in [7, 11) is 0. The lowest BCUT2D eigenvalue weighted by molar-refractivity contribution is 0.0962. The second-order valence-corrected chi connectivity index (χ2v) is 6.97. The molecule has 0 amide bonds. The van der Waals surface area contributed by atoms with Crippen LogP contribution < -0.4 is 4.74 Å². The van der Waals surface area contributed by atoms with E-state index >= 15 is 0 Å². The van der Waals surface area contributed by atoms with Gasteiger partial charge in [0.25, 0.3) is 0 Å². The van der Waals surface area contributed by atoms with Crippen LogP contribution in [0.4, 0.5) is 0 Å². The number of carbonyl (C=O) groups is 2. The van der Waals surface area contributed by atoms with Gasteiger partial charge < -0.3 is 9.15 Å². The molecule has 0 fully saturated rings. The number of ketones is 2. The largest absolute Gasteiger partial charge is 0.490 e. The van der Waals surface area contributed by atoms with Crippen LogP contribution in [0.3, 0.4) is 0 Å². The molecule has 0 bridgehead atoms. The van der Waals surface area contributed by atoms with E-state index in [9.17, 15) is 9.59 Å². The molecule has 0 saturated heterocycles. The van der Waals surface area contributed by atoms with Crippen molar-refractivity contribution < 1.29 is 18.7 Å². The number of hydrogen-bond acceptors (Lipinski definition) is 4. The summed E-state index contributed by atoms with van der Waals surface area (Å²) in [5.41, 5.74) is 1.67. The Hall–Kier alpha value is -3.40. The summed E-state index contributed by atoms with van der Waals surface area (Å²) in [5.74, 6) is 0.341. The van der Waals surface area contributed by atoms with Crippen molar-refractivity contribution in [3.63, 3.8) is 0 Å². The molecule has 0 saturated carbocycles. The zero-order chi connectivity index (χ0) is 18.7. The molecule has 4 heteroatoms. The summed E-state index contributed by atoms with van der Waals surface area (Å²) in [5, 5.41) is 2.33. The number of fused-ring (bicyclic) bond motifs is 6. The van der Waals surface area contributed by atoms with Crippen LogP contribution in [0.15, 0.2) is 59.0 Å². The Morgan fingerprint density at radius 2 is 1.44 bits per heavy atom. The fraction of sp³-hybridized carbons (Fsp3) is 0.130. The van der Waals surface area contributed by atoms with Gasteiger partial charge in [-0.3, -0.25) is 9.59 Å². The Morgan fingerprint density at radius 1 is 0.815 bits per heavy atom. The number of benzene rings is 3. The topological polar surface area (TPSA) is 56.5 Å². The van der Waals surface area contributed by atoms with Gasteiger partial charge in [0.15, 0.2) is 11.5 Å². The normalized spacial score (nSPS) is 13.3. The summed E-state index contributed by atoms with van der Waals surface area (Å²) in [6.07, 6.45) is -0.0216. The molecule has 0 radical (unpaired) electrons. The van der Waals surface area contributed by atoms with Crippen molar-refractivity contribution in [2.24, 2.45) is 0 Å². The van der Waals surface area contributed by atoms with Gasteiger partial charge in [-0.2, -0.15) is 0 Å². The van der Waals surface area contributed by atoms with Crippen LogP contribution in [0.25, 0.3) is 21.7 Å². The molecule has 1 heterocycles. The number of ether oxygens (including phenoxy) is 1. The quantitative estimate of drug-likeness (QED) is 0.439. The van der Waals surface area contributed by atoms with E-state index in [1.807, 2.05) is 44.2 Å². The van der Waals surface area contributed by atoms with Crippen molar-refractivity contribution in [2.45, 2.75) is 20.0 Å². The third-order valence-electron chi connectivity index (χ3n) is 4.87. The molecule has 1 aliphatic rings. The van der Waals surface area contributed by atoms with Crippen LogP contribution in [0, 0.1) is 0 Å². The minimum Gasteiger partial charge on any atom is -0.490 e. The molecule has 1 aromatic heterocycles. The molecule has 0 atom stereocenters. The highest BCUT2D eigenvalue weighted by molar-refractivity contribution is 6.32. The highest BCUT2D eigenvalue weighted by Crippen LogP contribution is 2.41. The third kappa shape index (κ3) is 2.16. The van der Waals surface area contributed by atoms with Crippen molar-refractivity contribution >= 4 is 33.3 Å². The van der Waals surface area contributed by atoms with E-state index in [0.29, 0.717) is 33.4 Å². The maximum absolute atomic E-state index is 13.1. The van der Waals surface area contributed by atoms with E-state index in [0.717, 1.165) is 10.8 Å². The summed E-state index contributed by atoms with van der Waals surface area (Å²) in [6.45, 7) is 3.91. The summed E-state index contributed by atoms with van der Waals surface area (Å²) >= 11 is 0. The number of furan rings is 1. The molecular weight excluding hydrogens is 340 g/mol. The number of rotatable bonds is 2. The zero-order valence-corrected chi connectivity index (χ0v) is 14.9. The number of hydrogen-bond donors (Lipinski definition) is 0. The monoisotopic (exact) mass is 356 g/mol. The van der Waals surface area contributed by atoms with Gasteiger partial charge in [0.05, 0.1) is 11.7 Å². The Labute approximate surface area is 155 Å². The first-order valence-electron chi connectivity index (χ1n) is 8.89.